The van der Waals surface area contributed by atoms with Gasteiger partial charge in [-0.2, -0.15) is 0 Å². The quantitative estimate of drug-likeness (QED) is 0.231. The van der Waals surface area contributed by atoms with E-state index >= 15 is 0 Å². The van der Waals surface area contributed by atoms with Gasteiger partial charge in [0.1, 0.15) is 0 Å². The van der Waals surface area contributed by atoms with Crippen LogP contribution in [0.25, 0.3) is 43.1 Å². The van der Waals surface area contributed by atoms with Gasteiger partial charge in [0.25, 0.3) is 0 Å². The van der Waals surface area contributed by atoms with Gasteiger partial charge < -0.3 is 0 Å². The van der Waals surface area contributed by atoms with Crippen molar-refractivity contribution in [1.29, 1.82) is 0 Å². The molecule has 2 aliphatic carbocycles. The highest BCUT2D eigenvalue weighted by Gasteiger charge is 2.51. The topological polar surface area (TPSA) is 0 Å². The predicted octanol–water partition coefficient (Wildman–Crippen LogP) is 9.49. The van der Waals surface area contributed by atoms with Crippen LogP contribution in [0.4, 0.5) is 0 Å². The van der Waals surface area contributed by atoms with Crippen LogP contribution in [0.3, 0.4) is 0 Å². The van der Waals surface area contributed by atoms with Gasteiger partial charge in [-0.05, 0) is 90.7 Å². The van der Waals surface area contributed by atoms with Gasteiger partial charge in [0.15, 0.2) is 0 Å². The Morgan fingerprint density at radius 2 is 0.857 bits per heavy atom. The average Bonchev–Trinajstić information content (AvgIpc) is 3.71. The summed E-state index contributed by atoms with van der Waals surface area (Å²) in [6.07, 6.45) is 0. The molecule has 2 heterocycles. The number of thiophene rings is 2. The van der Waals surface area contributed by atoms with Crippen molar-refractivity contribution >= 4 is 22.7 Å². The number of rotatable bonds is 2. The van der Waals surface area contributed by atoms with Gasteiger partial charge in [0, 0.05) is 9.75 Å². The molecule has 8 rings (SSSR count). The third-order valence-corrected chi connectivity index (χ3v) is 9.54. The Hall–Kier alpha value is -3.72. The lowest BCUT2D eigenvalue weighted by atomic mass is 9.70. The largest absolute Gasteiger partial charge is 0.144 e. The van der Waals surface area contributed by atoms with E-state index in [4.69, 9.17) is 0 Å². The molecule has 0 N–H and O–H groups in total. The van der Waals surface area contributed by atoms with Crippen LogP contribution in [-0.4, -0.2) is 0 Å². The molecule has 0 fully saturated rings. The molecular weight excluding hydrogens is 460 g/mol. The van der Waals surface area contributed by atoms with Crippen molar-refractivity contribution < 1.29 is 0 Å². The smallest absolute Gasteiger partial charge is 0.0725 e. The number of benzene rings is 4. The van der Waals surface area contributed by atoms with Gasteiger partial charge in [-0.15, -0.1) is 22.7 Å². The zero-order valence-corrected chi connectivity index (χ0v) is 20.5. The van der Waals surface area contributed by atoms with E-state index < -0.39 is 0 Å². The first-order valence-electron chi connectivity index (χ1n) is 11.9. The van der Waals surface area contributed by atoms with Crippen molar-refractivity contribution in [1.82, 2.24) is 0 Å². The van der Waals surface area contributed by atoms with Crippen molar-refractivity contribution in [2.45, 2.75) is 5.41 Å². The summed E-state index contributed by atoms with van der Waals surface area (Å²) in [7, 11) is 0. The number of fused-ring (bicyclic) bond motifs is 10. The van der Waals surface area contributed by atoms with E-state index in [9.17, 15) is 0 Å². The van der Waals surface area contributed by atoms with Crippen LogP contribution in [0, 0.1) is 0 Å². The number of hydrogen-bond acceptors (Lipinski definition) is 2. The normalized spacial score (nSPS) is 13.9. The maximum Gasteiger partial charge on any atom is 0.0725 e. The first kappa shape index (κ1) is 19.6. The molecule has 0 bridgehead atoms. The molecule has 4 aromatic carbocycles. The fraction of sp³-hybridized carbons (Fsp3) is 0.0303. The second-order valence-electron chi connectivity index (χ2n) is 9.32. The summed E-state index contributed by atoms with van der Waals surface area (Å²) in [6, 6.07) is 41.0. The highest BCUT2D eigenvalue weighted by Crippen LogP contribution is 2.63. The van der Waals surface area contributed by atoms with Crippen molar-refractivity contribution in [3.05, 3.63) is 142 Å². The molecule has 0 saturated heterocycles. The van der Waals surface area contributed by atoms with Gasteiger partial charge in [-0.25, -0.2) is 0 Å². The van der Waals surface area contributed by atoms with Crippen LogP contribution >= 0.6 is 22.7 Å². The molecular formula is C33H20S2. The molecule has 0 nitrogen and oxygen atoms in total. The summed E-state index contributed by atoms with van der Waals surface area (Å²) in [6.45, 7) is 0. The van der Waals surface area contributed by atoms with Gasteiger partial charge in [0.05, 0.1) is 5.41 Å². The molecule has 2 aliphatic rings. The van der Waals surface area contributed by atoms with Crippen LogP contribution in [-0.2, 0) is 5.41 Å². The molecule has 0 atom stereocenters. The molecule has 2 heteroatoms. The second-order valence-corrected chi connectivity index (χ2v) is 11.2. The van der Waals surface area contributed by atoms with E-state index in [0.717, 1.165) is 0 Å². The minimum absolute atomic E-state index is 0.307. The van der Waals surface area contributed by atoms with Gasteiger partial charge in [-0.3, -0.25) is 0 Å². The summed E-state index contributed by atoms with van der Waals surface area (Å²) in [4.78, 5) is 2.63. The Morgan fingerprint density at radius 3 is 1.31 bits per heavy atom. The first-order chi connectivity index (χ1) is 17.4. The standard InChI is InChI=1S/C33H20S2/c1-3-9-27-23(7-1)25-15-13-21(31-11-5-17-34-31)19-29(25)33(27)28-10-4-2-8-24(28)26-16-14-22(20-30(26)33)32-12-6-18-35-32/h1-20H. The lowest BCUT2D eigenvalue weighted by Gasteiger charge is -2.31. The lowest BCUT2D eigenvalue weighted by Crippen LogP contribution is -2.26. The summed E-state index contributed by atoms with van der Waals surface area (Å²) in [5.74, 6) is 0. The molecule has 0 radical (unpaired) electrons. The maximum absolute atomic E-state index is 2.46. The van der Waals surface area contributed by atoms with Crippen LogP contribution in [0.2, 0.25) is 0 Å². The predicted molar refractivity (Wildman–Crippen MR) is 149 cm³/mol. The van der Waals surface area contributed by atoms with E-state index in [1.54, 1.807) is 0 Å². The van der Waals surface area contributed by atoms with Crippen LogP contribution in [0.1, 0.15) is 22.3 Å². The van der Waals surface area contributed by atoms with Crippen LogP contribution < -0.4 is 0 Å². The molecule has 0 amide bonds. The molecule has 0 aliphatic heterocycles. The third kappa shape index (κ3) is 2.51. The van der Waals surface area contributed by atoms with Gasteiger partial charge in [0.2, 0.25) is 0 Å². The Kier molecular flexibility index (Phi) is 4.00. The summed E-state index contributed by atoms with van der Waals surface area (Å²) >= 11 is 3.62. The fourth-order valence-corrected chi connectivity index (χ4v) is 7.78. The Labute approximate surface area is 212 Å². The van der Waals surface area contributed by atoms with Crippen LogP contribution in [0.15, 0.2) is 120 Å². The Morgan fingerprint density at radius 1 is 0.400 bits per heavy atom. The van der Waals surface area contributed by atoms with Crippen molar-refractivity contribution in [2.75, 3.05) is 0 Å². The molecule has 2 aromatic heterocycles. The van der Waals surface area contributed by atoms with Crippen molar-refractivity contribution in [2.24, 2.45) is 0 Å². The van der Waals surface area contributed by atoms with E-state index in [2.05, 4.69) is 120 Å². The Bertz CT molecular complexity index is 1610. The van der Waals surface area contributed by atoms with Crippen molar-refractivity contribution in [3.8, 4) is 43.1 Å². The molecule has 0 saturated carbocycles. The van der Waals surface area contributed by atoms with Crippen molar-refractivity contribution in [3.63, 3.8) is 0 Å². The zero-order chi connectivity index (χ0) is 23.0. The summed E-state index contributed by atoms with van der Waals surface area (Å²) in [5, 5.41) is 4.33. The maximum atomic E-state index is 2.46. The van der Waals surface area contributed by atoms with Gasteiger partial charge in [-0.1, -0.05) is 84.9 Å². The fourth-order valence-electron chi connectivity index (χ4n) is 6.33. The number of hydrogen-bond donors (Lipinski definition) is 0. The zero-order valence-electron chi connectivity index (χ0n) is 18.9. The molecule has 6 aromatic rings. The molecule has 35 heavy (non-hydrogen) atoms. The highest BCUT2D eigenvalue weighted by molar-refractivity contribution is 7.13. The minimum Gasteiger partial charge on any atom is -0.144 e. The monoisotopic (exact) mass is 480 g/mol. The lowest BCUT2D eigenvalue weighted by molar-refractivity contribution is 0.794. The first-order valence-corrected chi connectivity index (χ1v) is 13.7. The van der Waals surface area contributed by atoms with E-state index in [1.807, 2.05) is 22.7 Å². The minimum atomic E-state index is -0.307. The van der Waals surface area contributed by atoms with E-state index in [0.29, 0.717) is 0 Å². The SMILES string of the molecule is c1csc(-c2ccc3c(c2)C2(c4ccccc4-3)c3ccccc3-c3ccc(-c4cccs4)cc32)c1. The summed E-state index contributed by atoms with van der Waals surface area (Å²) < 4.78 is 0. The average molecular weight is 481 g/mol. The van der Waals surface area contributed by atoms with E-state index in [1.165, 1.54) is 65.4 Å². The summed E-state index contributed by atoms with van der Waals surface area (Å²) in [5.41, 5.74) is 13.3. The van der Waals surface area contributed by atoms with Gasteiger partial charge >= 0.3 is 0 Å². The molecule has 0 unspecified atom stereocenters. The molecule has 164 valence electrons. The highest BCUT2D eigenvalue weighted by atomic mass is 32.1. The Balaban J connectivity index is 1.52. The molecule has 1 spiro atoms. The third-order valence-electron chi connectivity index (χ3n) is 7.70. The van der Waals surface area contributed by atoms with E-state index in [-0.39, 0.29) is 5.41 Å². The van der Waals surface area contributed by atoms with Crippen LogP contribution in [0.5, 0.6) is 0 Å². The second kappa shape index (κ2) is 7.14.